The Morgan fingerprint density at radius 3 is 2.75 bits per heavy atom. The van der Waals surface area contributed by atoms with E-state index in [1.807, 2.05) is 0 Å². The summed E-state index contributed by atoms with van der Waals surface area (Å²) >= 11 is 0. The molecule has 0 aromatic heterocycles. The summed E-state index contributed by atoms with van der Waals surface area (Å²) in [6.45, 7) is 3.52. The smallest absolute Gasteiger partial charge is 0.337 e. The summed E-state index contributed by atoms with van der Waals surface area (Å²) in [5.74, 6) is -1.02. The lowest BCUT2D eigenvalue weighted by Crippen LogP contribution is -2.03. The van der Waals surface area contributed by atoms with Crippen molar-refractivity contribution >= 4 is 17.7 Å². The molecule has 0 unspecified atom stereocenters. The SMILES string of the molecule is C=Cc1cccc(C(=O)O)c1N. The highest BCUT2D eigenvalue weighted by Crippen LogP contribution is 2.17. The summed E-state index contributed by atoms with van der Waals surface area (Å²) in [7, 11) is 0. The topological polar surface area (TPSA) is 63.3 Å². The molecule has 0 spiro atoms. The molecule has 62 valence electrons. The average Bonchev–Trinajstić information content (AvgIpc) is 2.04. The molecule has 0 bridgehead atoms. The van der Waals surface area contributed by atoms with Crippen LogP contribution in [0.15, 0.2) is 24.8 Å². The maximum absolute atomic E-state index is 10.6. The van der Waals surface area contributed by atoms with Gasteiger partial charge < -0.3 is 10.8 Å². The van der Waals surface area contributed by atoms with Crippen LogP contribution in [0.25, 0.3) is 6.08 Å². The third-order valence-corrected chi connectivity index (χ3v) is 1.59. The van der Waals surface area contributed by atoms with Crippen LogP contribution < -0.4 is 5.73 Å². The lowest BCUT2D eigenvalue weighted by atomic mass is 10.1. The molecule has 0 saturated carbocycles. The first-order valence-corrected chi connectivity index (χ1v) is 3.41. The number of benzene rings is 1. The van der Waals surface area contributed by atoms with Crippen molar-refractivity contribution < 1.29 is 9.90 Å². The van der Waals surface area contributed by atoms with Gasteiger partial charge in [0.2, 0.25) is 0 Å². The van der Waals surface area contributed by atoms with Gasteiger partial charge in [-0.1, -0.05) is 24.8 Å². The van der Waals surface area contributed by atoms with Gasteiger partial charge in [0.1, 0.15) is 0 Å². The predicted molar refractivity (Wildman–Crippen MR) is 47.9 cm³/mol. The zero-order valence-corrected chi connectivity index (χ0v) is 6.45. The van der Waals surface area contributed by atoms with E-state index in [0.717, 1.165) is 0 Å². The van der Waals surface area contributed by atoms with E-state index in [4.69, 9.17) is 10.8 Å². The number of rotatable bonds is 2. The Hall–Kier alpha value is -1.77. The molecule has 3 heteroatoms. The van der Waals surface area contributed by atoms with Crippen LogP contribution in [0.5, 0.6) is 0 Å². The molecule has 3 N–H and O–H groups in total. The van der Waals surface area contributed by atoms with Gasteiger partial charge in [-0.25, -0.2) is 4.79 Å². The van der Waals surface area contributed by atoms with E-state index in [9.17, 15) is 4.79 Å². The van der Waals surface area contributed by atoms with Gasteiger partial charge in [-0.3, -0.25) is 0 Å². The molecule has 0 radical (unpaired) electrons. The van der Waals surface area contributed by atoms with Crippen LogP contribution in [0.1, 0.15) is 15.9 Å². The predicted octanol–water partition coefficient (Wildman–Crippen LogP) is 1.61. The minimum atomic E-state index is -1.02. The summed E-state index contributed by atoms with van der Waals surface area (Å²) in [5.41, 5.74) is 6.57. The number of anilines is 1. The van der Waals surface area contributed by atoms with Crippen LogP contribution in [0.3, 0.4) is 0 Å². The van der Waals surface area contributed by atoms with Gasteiger partial charge in [0.15, 0.2) is 0 Å². The largest absolute Gasteiger partial charge is 0.478 e. The molecule has 1 aromatic rings. The highest BCUT2D eigenvalue weighted by atomic mass is 16.4. The van der Waals surface area contributed by atoms with E-state index < -0.39 is 5.97 Å². The molecular weight excluding hydrogens is 154 g/mol. The number of carboxylic acids is 1. The van der Waals surface area contributed by atoms with Crippen molar-refractivity contribution in [2.45, 2.75) is 0 Å². The van der Waals surface area contributed by atoms with Crippen molar-refractivity contribution in [3.63, 3.8) is 0 Å². The first kappa shape index (κ1) is 8.33. The molecule has 1 aromatic carbocycles. The summed E-state index contributed by atoms with van der Waals surface area (Å²) in [6.07, 6.45) is 1.53. The van der Waals surface area contributed by atoms with Gasteiger partial charge in [-0.15, -0.1) is 0 Å². The van der Waals surface area contributed by atoms with Crippen molar-refractivity contribution in [2.24, 2.45) is 0 Å². The van der Waals surface area contributed by atoms with Crippen LogP contribution in [0.4, 0.5) is 5.69 Å². The van der Waals surface area contributed by atoms with Gasteiger partial charge in [0.05, 0.1) is 11.3 Å². The van der Waals surface area contributed by atoms with E-state index in [1.165, 1.54) is 12.1 Å². The molecule has 0 amide bonds. The Labute approximate surface area is 70.1 Å². The van der Waals surface area contributed by atoms with Crippen molar-refractivity contribution in [2.75, 3.05) is 5.73 Å². The number of hydrogen-bond acceptors (Lipinski definition) is 2. The van der Waals surface area contributed by atoms with Gasteiger partial charge >= 0.3 is 5.97 Å². The number of para-hydroxylation sites is 1. The van der Waals surface area contributed by atoms with Crippen LogP contribution in [-0.2, 0) is 0 Å². The lowest BCUT2D eigenvalue weighted by Gasteiger charge is -2.02. The second kappa shape index (κ2) is 3.09. The van der Waals surface area contributed by atoms with Gasteiger partial charge in [-0.2, -0.15) is 0 Å². The fourth-order valence-electron chi connectivity index (χ4n) is 0.948. The molecule has 0 aliphatic heterocycles. The molecule has 0 fully saturated rings. The molecule has 0 heterocycles. The first-order valence-electron chi connectivity index (χ1n) is 3.41. The molecule has 0 aliphatic carbocycles. The van der Waals surface area contributed by atoms with E-state index in [-0.39, 0.29) is 11.3 Å². The molecule has 0 saturated heterocycles. The number of carboxylic acid groups (broad SMARTS) is 1. The first-order chi connectivity index (χ1) is 5.66. The van der Waals surface area contributed by atoms with Crippen LogP contribution in [0.2, 0.25) is 0 Å². The van der Waals surface area contributed by atoms with Crippen molar-refractivity contribution in [3.05, 3.63) is 35.9 Å². The van der Waals surface area contributed by atoms with Gasteiger partial charge in [0.25, 0.3) is 0 Å². The number of hydrogen-bond donors (Lipinski definition) is 2. The maximum atomic E-state index is 10.6. The molecule has 0 atom stereocenters. The minimum absolute atomic E-state index is 0.118. The number of nitrogen functional groups attached to an aromatic ring is 1. The molecular formula is C9H9NO2. The van der Waals surface area contributed by atoms with Gasteiger partial charge in [-0.05, 0) is 11.6 Å². The molecule has 1 rings (SSSR count). The maximum Gasteiger partial charge on any atom is 0.337 e. The summed E-state index contributed by atoms with van der Waals surface area (Å²) in [4.78, 5) is 10.6. The second-order valence-corrected chi connectivity index (χ2v) is 2.32. The van der Waals surface area contributed by atoms with E-state index in [0.29, 0.717) is 5.56 Å². The van der Waals surface area contributed by atoms with Crippen LogP contribution >= 0.6 is 0 Å². The Balaban J connectivity index is 3.32. The number of aromatic carboxylic acids is 1. The van der Waals surface area contributed by atoms with Crippen molar-refractivity contribution in [1.82, 2.24) is 0 Å². The Morgan fingerprint density at radius 2 is 2.25 bits per heavy atom. The normalized spacial score (nSPS) is 9.33. The van der Waals surface area contributed by atoms with Crippen molar-refractivity contribution in [1.29, 1.82) is 0 Å². The minimum Gasteiger partial charge on any atom is -0.478 e. The highest BCUT2D eigenvalue weighted by Gasteiger charge is 2.08. The monoisotopic (exact) mass is 163 g/mol. The molecule has 3 nitrogen and oxygen atoms in total. The summed E-state index contributed by atoms with van der Waals surface area (Å²) in [5, 5.41) is 8.67. The standard InChI is InChI=1S/C9H9NO2/c1-2-6-4-3-5-7(8(6)10)9(11)12/h2-5H,1,10H2,(H,11,12). The highest BCUT2D eigenvalue weighted by molar-refractivity contribution is 5.95. The Bertz CT molecular complexity index is 331. The zero-order valence-electron chi connectivity index (χ0n) is 6.45. The lowest BCUT2D eigenvalue weighted by molar-refractivity contribution is 0.0698. The van der Waals surface area contributed by atoms with E-state index >= 15 is 0 Å². The van der Waals surface area contributed by atoms with Gasteiger partial charge in [0, 0.05) is 0 Å². The zero-order chi connectivity index (χ0) is 9.14. The third-order valence-electron chi connectivity index (χ3n) is 1.59. The fraction of sp³-hybridized carbons (Fsp3) is 0. The summed E-state index contributed by atoms with van der Waals surface area (Å²) in [6, 6.07) is 4.82. The van der Waals surface area contributed by atoms with E-state index in [1.54, 1.807) is 12.1 Å². The molecule has 0 aliphatic rings. The van der Waals surface area contributed by atoms with E-state index in [2.05, 4.69) is 6.58 Å². The number of carbonyl (C=O) groups is 1. The van der Waals surface area contributed by atoms with Crippen LogP contribution in [-0.4, -0.2) is 11.1 Å². The van der Waals surface area contributed by atoms with Crippen LogP contribution in [0, 0.1) is 0 Å². The second-order valence-electron chi connectivity index (χ2n) is 2.32. The fourth-order valence-corrected chi connectivity index (χ4v) is 0.948. The Morgan fingerprint density at radius 1 is 1.58 bits per heavy atom. The Kier molecular flexibility index (Phi) is 2.14. The quantitative estimate of drug-likeness (QED) is 0.651. The van der Waals surface area contributed by atoms with Crippen molar-refractivity contribution in [3.8, 4) is 0 Å². The number of nitrogens with two attached hydrogens (primary N) is 1. The molecule has 12 heavy (non-hydrogen) atoms. The summed E-state index contributed by atoms with van der Waals surface area (Å²) < 4.78 is 0. The average molecular weight is 163 g/mol. The third kappa shape index (κ3) is 1.29.